The van der Waals surface area contributed by atoms with Crippen LogP contribution >= 0.6 is 15.9 Å². The number of hydrogen-bond donors (Lipinski definition) is 2. The number of ether oxygens (including phenoxy) is 1. The molecule has 170 valence electrons. The normalized spacial score (nSPS) is 10.8. The number of nitrogens with zero attached hydrogens (tertiary/aromatic N) is 1. The van der Waals surface area contributed by atoms with Gasteiger partial charge in [0.05, 0.1) is 6.21 Å². The molecular weight excluding hydrogens is 482 g/mol. The van der Waals surface area contributed by atoms with E-state index in [2.05, 4.69) is 31.8 Å². The van der Waals surface area contributed by atoms with Gasteiger partial charge in [0.15, 0.2) is 0 Å². The summed E-state index contributed by atoms with van der Waals surface area (Å²) in [4.78, 5) is 24.3. The largest absolute Gasteiger partial charge is 0.488 e. The number of hydrogen-bond acceptors (Lipinski definition) is 4. The fourth-order valence-corrected chi connectivity index (χ4v) is 3.26. The Balaban J connectivity index is 1.47. The number of amides is 2. The number of benzene rings is 3. The van der Waals surface area contributed by atoms with E-state index in [9.17, 15) is 9.59 Å². The molecule has 6 nitrogen and oxygen atoms in total. The number of carbonyl (C=O) groups is 2. The van der Waals surface area contributed by atoms with E-state index >= 15 is 0 Å². The average molecular weight is 508 g/mol. The number of aryl methyl sites for hydroxylation is 2. The zero-order chi connectivity index (χ0) is 23.6. The Labute approximate surface area is 202 Å². The fourth-order valence-electron chi connectivity index (χ4n) is 3.00. The average Bonchev–Trinajstić information content (AvgIpc) is 2.80. The summed E-state index contributed by atoms with van der Waals surface area (Å²) >= 11 is 3.42. The van der Waals surface area contributed by atoms with Gasteiger partial charge in [-0.25, -0.2) is 5.43 Å². The molecule has 7 heteroatoms. The van der Waals surface area contributed by atoms with Crippen molar-refractivity contribution in [2.45, 2.75) is 33.3 Å². The van der Waals surface area contributed by atoms with Crippen LogP contribution in [0, 0.1) is 13.8 Å². The highest BCUT2D eigenvalue weighted by Crippen LogP contribution is 2.19. The van der Waals surface area contributed by atoms with E-state index in [-0.39, 0.29) is 24.7 Å². The van der Waals surface area contributed by atoms with Gasteiger partial charge in [0.2, 0.25) is 11.8 Å². The molecule has 0 heterocycles. The summed E-state index contributed by atoms with van der Waals surface area (Å²) in [5.74, 6) is 0.108. The maximum Gasteiger partial charge on any atom is 0.240 e. The Morgan fingerprint density at radius 3 is 2.48 bits per heavy atom. The van der Waals surface area contributed by atoms with E-state index in [0.29, 0.717) is 12.4 Å². The number of halogens is 1. The van der Waals surface area contributed by atoms with Crippen molar-refractivity contribution in [1.82, 2.24) is 5.43 Å². The number of hydrazone groups is 1. The number of nitrogens with one attached hydrogen (secondary N) is 2. The van der Waals surface area contributed by atoms with Gasteiger partial charge in [-0.15, -0.1) is 0 Å². The third-order valence-electron chi connectivity index (χ3n) is 4.87. The van der Waals surface area contributed by atoms with Crippen molar-refractivity contribution in [3.05, 3.63) is 93.5 Å². The molecule has 2 N–H and O–H groups in total. The lowest BCUT2D eigenvalue weighted by atomic mass is 10.1. The molecule has 2 amide bonds. The van der Waals surface area contributed by atoms with Gasteiger partial charge in [-0.1, -0.05) is 52.3 Å². The fraction of sp³-hybridized carbons (Fsp3) is 0.192. The highest BCUT2D eigenvalue weighted by atomic mass is 79.9. The molecule has 0 aliphatic heterocycles. The van der Waals surface area contributed by atoms with Crippen LogP contribution in [0.25, 0.3) is 0 Å². The summed E-state index contributed by atoms with van der Waals surface area (Å²) in [5, 5.41) is 6.86. The van der Waals surface area contributed by atoms with Crippen LogP contribution in [-0.2, 0) is 16.2 Å². The Hall–Kier alpha value is -3.45. The first-order valence-electron chi connectivity index (χ1n) is 10.6. The van der Waals surface area contributed by atoms with Crippen molar-refractivity contribution in [1.29, 1.82) is 0 Å². The lowest BCUT2D eigenvalue weighted by Gasteiger charge is -2.09. The summed E-state index contributed by atoms with van der Waals surface area (Å²) in [5.41, 5.74) is 7.04. The first kappa shape index (κ1) is 24.2. The van der Waals surface area contributed by atoms with Gasteiger partial charge in [0, 0.05) is 28.6 Å². The molecule has 0 unspecified atom stereocenters. The van der Waals surface area contributed by atoms with Crippen molar-refractivity contribution < 1.29 is 14.3 Å². The van der Waals surface area contributed by atoms with Crippen LogP contribution in [0.15, 0.2) is 76.3 Å². The number of para-hydroxylation sites is 1. The molecule has 0 saturated heterocycles. The van der Waals surface area contributed by atoms with Crippen LogP contribution < -0.4 is 15.5 Å². The molecule has 0 aliphatic rings. The van der Waals surface area contributed by atoms with Gasteiger partial charge < -0.3 is 10.1 Å². The molecule has 0 aromatic heterocycles. The third kappa shape index (κ3) is 7.88. The molecule has 0 fully saturated rings. The van der Waals surface area contributed by atoms with Gasteiger partial charge in [-0.3, -0.25) is 9.59 Å². The number of rotatable bonds is 9. The highest BCUT2D eigenvalue weighted by molar-refractivity contribution is 9.10. The van der Waals surface area contributed by atoms with Crippen molar-refractivity contribution in [3.8, 4) is 5.75 Å². The van der Waals surface area contributed by atoms with Crippen LogP contribution in [-0.4, -0.2) is 18.0 Å². The minimum absolute atomic E-state index is 0.0375. The molecule has 3 aromatic carbocycles. The number of carbonyl (C=O) groups excluding carboxylic acids is 2. The van der Waals surface area contributed by atoms with E-state index in [1.807, 2.05) is 80.6 Å². The van der Waals surface area contributed by atoms with Gasteiger partial charge in [0.1, 0.15) is 12.4 Å². The smallest absolute Gasteiger partial charge is 0.240 e. The van der Waals surface area contributed by atoms with E-state index in [0.717, 1.165) is 32.4 Å². The first-order valence-corrected chi connectivity index (χ1v) is 11.4. The van der Waals surface area contributed by atoms with E-state index in [1.165, 1.54) is 6.21 Å². The van der Waals surface area contributed by atoms with Crippen LogP contribution in [0.5, 0.6) is 5.75 Å². The molecule has 3 rings (SSSR count). The second-order valence-electron chi connectivity index (χ2n) is 7.61. The minimum atomic E-state index is -0.337. The van der Waals surface area contributed by atoms with Crippen LogP contribution in [0.2, 0.25) is 0 Å². The van der Waals surface area contributed by atoms with Gasteiger partial charge in [-0.2, -0.15) is 5.10 Å². The first-order chi connectivity index (χ1) is 15.9. The van der Waals surface area contributed by atoms with Gasteiger partial charge in [0.25, 0.3) is 0 Å². The molecule has 0 atom stereocenters. The predicted octanol–water partition coefficient (Wildman–Crippen LogP) is 5.51. The third-order valence-corrected chi connectivity index (χ3v) is 5.39. The Bertz CT molecular complexity index is 1140. The lowest BCUT2D eigenvalue weighted by molar-refractivity contribution is -0.124. The molecule has 0 bridgehead atoms. The maximum atomic E-state index is 12.2. The van der Waals surface area contributed by atoms with Gasteiger partial charge in [-0.05, 0) is 60.9 Å². The van der Waals surface area contributed by atoms with Crippen LogP contribution in [0.1, 0.15) is 35.1 Å². The molecule has 33 heavy (non-hydrogen) atoms. The molecule has 0 radical (unpaired) electrons. The van der Waals surface area contributed by atoms with Crippen LogP contribution in [0.4, 0.5) is 5.69 Å². The summed E-state index contributed by atoms with van der Waals surface area (Å²) in [6.07, 6.45) is 1.64. The summed E-state index contributed by atoms with van der Waals surface area (Å²) in [6, 6.07) is 21.2. The summed E-state index contributed by atoms with van der Waals surface area (Å²) in [6.45, 7) is 4.31. The van der Waals surface area contributed by atoms with Gasteiger partial charge >= 0.3 is 0 Å². The SMILES string of the molecule is Cc1ccc(C)c(NC(=O)CCC(=O)NN=Cc2ccccc2OCc2ccc(Br)cc2)c1. The monoisotopic (exact) mass is 507 g/mol. The maximum absolute atomic E-state index is 12.2. The summed E-state index contributed by atoms with van der Waals surface area (Å²) < 4.78 is 6.91. The Morgan fingerprint density at radius 2 is 1.70 bits per heavy atom. The minimum Gasteiger partial charge on any atom is -0.488 e. The quantitative estimate of drug-likeness (QED) is 0.295. The molecule has 0 spiro atoms. The van der Waals surface area contributed by atoms with Crippen molar-refractivity contribution in [2.75, 3.05) is 5.32 Å². The second kappa shape index (κ2) is 12.0. The van der Waals surface area contributed by atoms with E-state index in [1.54, 1.807) is 0 Å². The van der Waals surface area contributed by atoms with Crippen molar-refractivity contribution in [3.63, 3.8) is 0 Å². The molecule has 3 aromatic rings. The molecular formula is C26H26BrN3O3. The van der Waals surface area contributed by atoms with Crippen molar-refractivity contribution >= 4 is 39.6 Å². The lowest BCUT2D eigenvalue weighted by Crippen LogP contribution is -2.21. The second-order valence-corrected chi connectivity index (χ2v) is 8.53. The zero-order valence-electron chi connectivity index (χ0n) is 18.6. The van der Waals surface area contributed by atoms with Crippen LogP contribution in [0.3, 0.4) is 0 Å². The predicted molar refractivity (Wildman–Crippen MR) is 134 cm³/mol. The zero-order valence-corrected chi connectivity index (χ0v) is 20.2. The Kier molecular flexibility index (Phi) is 8.78. The van der Waals surface area contributed by atoms with Crippen molar-refractivity contribution in [2.24, 2.45) is 5.10 Å². The van der Waals surface area contributed by atoms with E-state index in [4.69, 9.17) is 4.74 Å². The molecule has 0 aliphatic carbocycles. The topological polar surface area (TPSA) is 79.8 Å². The number of anilines is 1. The Morgan fingerprint density at radius 1 is 0.970 bits per heavy atom. The highest BCUT2D eigenvalue weighted by Gasteiger charge is 2.09. The van der Waals surface area contributed by atoms with E-state index < -0.39 is 0 Å². The summed E-state index contributed by atoms with van der Waals surface area (Å²) in [7, 11) is 0. The molecule has 0 saturated carbocycles. The standard InChI is InChI=1S/C26H26BrN3O3/c1-18-7-8-19(2)23(15-18)29-25(31)13-14-26(32)30-28-16-21-5-3-4-6-24(21)33-17-20-9-11-22(27)12-10-20/h3-12,15-16H,13-14,17H2,1-2H3,(H,29,31)(H,30,32).